The summed E-state index contributed by atoms with van der Waals surface area (Å²) < 4.78 is 0. The SMILES string of the molecule is CC.CNC(=O)C1CCC(C)C1. The quantitative estimate of drug-likeness (QED) is 0.644. The summed E-state index contributed by atoms with van der Waals surface area (Å²) in [6.45, 7) is 6.21. The fraction of sp³-hybridized carbons (Fsp3) is 0.900. The van der Waals surface area contributed by atoms with Crippen LogP contribution in [0.3, 0.4) is 0 Å². The molecule has 0 spiro atoms. The van der Waals surface area contributed by atoms with Gasteiger partial charge in [0.2, 0.25) is 5.91 Å². The van der Waals surface area contributed by atoms with Crippen LogP contribution in [0.5, 0.6) is 0 Å². The fourth-order valence-corrected chi connectivity index (χ4v) is 1.65. The van der Waals surface area contributed by atoms with E-state index in [9.17, 15) is 4.79 Å². The Morgan fingerprint density at radius 2 is 1.92 bits per heavy atom. The third-order valence-corrected chi connectivity index (χ3v) is 2.31. The van der Waals surface area contributed by atoms with Crippen LogP contribution in [0.15, 0.2) is 0 Å². The highest BCUT2D eigenvalue weighted by Gasteiger charge is 2.26. The monoisotopic (exact) mass is 171 g/mol. The molecule has 0 aromatic carbocycles. The first-order chi connectivity index (χ1) is 5.74. The molecule has 72 valence electrons. The van der Waals surface area contributed by atoms with Gasteiger partial charge in [-0.2, -0.15) is 0 Å². The number of carbonyl (C=O) groups is 1. The molecule has 1 fully saturated rings. The Balaban J connectivity index is 0.000000561. The van der Waals surface area contributed by atoms with Gasteiger partial charge in [-0.25, -0.2) is 0 Å². The molecule has 0 saturated heterocycles. The number of amides is 1. The van der Waals surface area contributed by atoms with Crippen molar-refractivity contribution < 1.29 is 4.79 Å². The Morgan fingerprint density at radius 3 is 2.25 bits per heavy atom. The standard InChI is InChI=1S/C8H15NO.C2H6/c1-6-3-4-7(5-6)8(10)9-2;1-2/h6-7H,3-5H2,1-2H3,(H,9,10);1-2H3. The number of carbonyl (C=O) groups excluding carboxylic acids is 1. The summed E-state index contributed by atoms with van der Waals surface area (Å²) in [6, 6.07) is 0. The molecule has 2 atom stereocenters. The Morgan fingerprint density at radius 1 is 1.33 bits per heavy atom. The molecule has 2 nitrogen and oxygen atoms in total. The summed E-state index contributed by atoms with van der Waals surface area (Å²) in [5.74, 6) is 1.28. The Labute approximate surface area is 75.7 Å². The average molecular weight is 171 g/mol. The van der Waals surface area contributed by atoms with Gasteiger partial charge in [0, 0.05) is 13.0 Å². The van der Waals surface area contributed by atoms with Gasteiger partial charge >= 0.3 is 0 Å². The highest BCUT2D eigenvalue weighted by atomic mass is 16.1. The minimum absolute atomic E-state index is 0.226. The Bertz CT molecular complexity index is 134. The lowest BCUT2D eigenvalue weighted by Gasteiger charge is -2.05. The molecule has 1 N–H and O–H groups in total. The summed E-state index contributed by atoms with van der Waals surface area (Å²) in [5.41, 5.74) is 0. The van der Waals surface area contributed by atoms with Crippen molar-refractivity contribution in [3.63, 3.8) is 0 Å². The van der Waals surface area contributed by atoms with Crippen molar-refractivity contribution in [3.05, 3.63) is 0 Å². The topological polar surface area (TPSA) is 29.1 Å². The molecule has 1 rings (SSSR count). The van der Waals surface area contributed by atoms with Gasteiger partial charge in [0.05, 0.1) is 0 Å². The van der Waals surface area contributed by atoms with Gasteiger partial charge in [-0.15, -0.1) is 0 Å². The van der Waals surface area contributed by atoms with Crippen LogP contribution in [0, 0.1) is 11.8 Å². The van der Waals surface area contributed by atoms with Crippen molar-refractivity contribution in [2.45, 2.75) is 40.0 Å². The molecule has 2 heteroatoms. The van der Waals surface area contributed by atoms with Crippen LogP contribution in [-0.2, 0) is 4.79 Å². The van der Waals surface area contributed by atoms with E-state index in [-0.39, 0.29) is 5.91 Å². The molecule has 0 aromatic heterocycles. The zero-order chi connectivity index (χ0) is 9.56. The fourth-order valence-electron chi connectivity index (χ4n) is 1.65. The van der Waals surface area contributed by atoms with Gasteiger partial charge in [0.25, 0.3) is 0 Å². The number of rotatable bonds is 1. The first-order valence-corrected chi connectivity index (χ1v) is 4.95. The third kappa shape index (κ3) is 3.24. The van der Waals surface area contributed by atoms with E-state index >= 15 is 0 Å². The summed E-state index contributed by atoms with van der Waals surface area (Å²) in [7, 11) is 1.71. The zero-order valence-electron chi connectivity index (χ0n) is 8.68. The van der Waals surface area contributed by atoms with E-state index in [0.29, 0.717) is 5.92 Å². The second-order valence-corrected chi connectivity index (χ2v) is 3.23. The van der Waals surface area contributed by atoms with Crippen LogP contribution in [-0.4, -0.2) is 13.0 Å². The number of nitrogens with one attached hydrogen (secondary N) is 1. The van der Waals surface area contributed by atoms with Gasteiger partial charge in [-0.3, -0.25) is 4.79 Å². The molecule has 1 aliphatic carbocycles. The van der Waals surface area contributed by atoms with Crippen molar-refractivity contribution in [2.75, 3.05) is 7.05 Å². The largest absolute Gasteiger partial charge is 0.359 e. The minimum Gasteiger partial charge on any atom is -0.359 e. The summed E-state index contributed by atoms with van der Waals surface area (Å²) in [6.07, 6.45) is 3.39. The first-order valence-electron chi connectivity index (χ1n) is 4.95. The molecule has 2 unspecified atom stereocenters. The molecule has 0 aliphatic heterocycles. The van der Waals surface area contributed by atoms with E-state index < -0.39 is 0 Å². The molecular weight excluding hydrogens is 150 g/mol. The van der Waals surface area contributed by atoms with E-state index in [1.165, 1.54) is 6.42 Å². The smallest absolute Gasteiger partial charge is 0.222 e. The van der Waals surface area contributed by atoms with Gasteiger partial charge in [0.1, 0.15) is 0 Å². The molecular formula is C10H21NO. The molecule has 1 aliphatic rings. The van der Waals surface area contributed by atoms with Crippen LogP contribution < -0.4 is 5.32 Å². The summed E-state index contributed by atoms with van der Waals surface area (Å²) >= 11 is 0. The molecule has 0 bridgehead atoms. The molecule has 0 radical (unpaired) electrons. The average Bonchev–Trinajstić information content (AvgIpc) is 2.54. The summed E-state index contributed by atoms with van der Waals surface area (Å²) in [5, 5.41) is 2.69. The predicted octanol–water partition coefficient (Wildman–Crippen LogP) is 2.19. The maximum Gasteiger partial charge on any atom is 0.222 e. The van der Waals surface area contributed by atoms with Crippen LogP contribution in [0.4, 0.5) is 0 Å². The lowest BCUT2D eigenvalue weighted by atomic mass is 10.1. The highest BCUT2D eigenvalue weighted by Crippen LogP contribution is 2.29. The molecule has 0 heterocycles. The molecule has 0 aromatic rings. The maximum atomic E-state index is 11.0. The van der Waals surface area contributed by atoms with Crippen molar-refractivity contribution >= 4 is 5.91 Å². The van der Waals surface area contributed by atoms with Gasteiger partial charge in [-0.1, -0.05) is 20.8 Å². The second-order valence-electron chi connectivity index (χ2n) is 3.23. The summed E-state index contributed by atoms with van der Waals surface area (Å²) in [4.78, 5) is 11.0. The van der Waals surface area contributed by atoms with E-state index in [2.05, 4.69) is 12.2 Å². The van der Waals surface area contributed by atoms with E-state index in [0.717, 1.165) is 18.8 Å². The van der Waals surface area contributed by atoms with Gasteiger partial charge in [-0.05, 0) is 25.2 Å². The highest BCUT2D eigenvalue weighted by molar-refractivity contribution is 5.78. The third-order valence-electron chi connectivity index (χ3n) is 2.31. The predicted molar refractivity (Wildman–Crippen MR) is 51.9 cm³/mol. The Kier molecular flexibility index (Phi) is 5.77. The normalized spacial score (nSPS) is 27.3. The van der Waals surface area contributed by atoms with Crippen molar-refractivity contribution in [1.82, 2.24) is 5.32 Å². The van der Waals surface area contributed by atoms with Crippen LogP contribution in [0.25, 0.3) is 0 Å². The van der Waals surface area contributed by atoms with Gasteiger partial charge in [0.15, 0.2) is 0 Å². The van der Waals surface area contributed by atoms with Crippen molar-refractivity contribution in [1.29, 1.82) is 0 Å². The minimum atomic E-state index is 0.226. The van der Waals surface area contributed by atoms with Crippen LogP contribution >= 0.6 is 0 Å². The Hall–Kier alpha value is -0.530. The molecule has 1 amide bonds. The first kappa shape index (κ1) is 11.5. The number of hydrogen-bond acceptors (Lipinski definition) is 1. The van der Waals surface area contributed by atoms with Crippen molar-refractivity contribution in [3.8, 4) is 0 Å². The van der Waals surface area contributed by atoms with E-state index in [1.807, 2.05) is 13.8 Å². The zero-order valence-corrected chi connectivity index (χ0v) is 8.68. The number of hydrogen-bond donors (Lipinski definition) is 1. The van der Waals surface area contributed by atoms with E-state index in [1.54, 1.807) is 7.05 Å². The van der Waals surface area contributed by atoms with Crippen LogP contribution in [0.1, 0.15) is 40.0 Å². The van der Waals surface area contributed by atoms with Crippen LogP contribution in [0.2, 0.25) is 0 Å². The lowest BCUT2D eigenvalue weighted by Crippen LogP contribution is -2.25. The lowest BCUT2D eigenvalue weighted by molar-refractivity contribution is -0.124. The second kappa shape index (κ2) is 6.04. The van der Waals surface area contributed by atoms with E-state index in [4.69, 9.17) is 0 Å². The molecule has 12 heavy (non-hydrogen) atoms. The maximum absolute atomic E-state index is 11.0. The molecule has 1 saturated carbocycles. The van der Waals surface area contributed by atoms with Crippen molar-refractivity contribution in [2.24, 2.45) is 11.8 Å². The van der Waals surface area contributed by atoms with Gasteiger partial charge < -0.3 is 5.32 Å².